The lowest BCUT2D eigenvalue weighted by molar-refractivity contribution is 0.462. The van der Waals surface area contributed by atoms with Crippen LogP contribution in [0.15, 0.2) is 28.5 Å². The fourth-order valence-corrected chi connectivity index (χ4v) is 4.20. The molecular weight excluding hydrogens is 306 g/mol. The van der Waals surface area contributed by atoms with Gasteiger partial charge in [-0.15, -0.1) is 11.3 Å². The molecule has 0 aliphatic carbocycles. The molecule has 2 aromatic rings. The Morgan fingerprint density at radius 3 is 2.81 bits per heavy atom. The molecule has 0 unspecified atom stereocenters. The van der Waals surface area contributed by atoms with Crippen LogP contribution < -0.4 is 5.32 Å². The van der Waals surface area contributed by atoms with Gasteiger partial charge in [-0.05, 0) is 30.2 Å². The predicted octanol–water partition coefficient (Wildman–Crippen LogP) is 1.88. The molecule has 1 aromatic heterocycles. The SMILES string of the molecule is Cc1nc(CN(C)S(=O)(=O)c2ccc3c(c2)CNC3)cs1. The zero-order valence-corrected chi connectivity index (χ0v) is 13.6. The summed E-state index contributed by atoms with van der Waals surface area (Å²) in [6.45, 7) is 3.75. The molecule has 1 aliphatic rings. The van der Waals surface area contributed by atoms with E-state index >= 15 is 0 Å². The summed E-state index contributed by atoms with van der Waals surface area (Å²) < 4.78 is 26.6. The molecule has 0 saturated carbocycles. The Labute approximate surface area is 128 Å². The molecule has 21 heavy (non-hydrogen) atoms. The predicted molar refractivity (Wildman–Crippen MR) is 82.5 cm³/mol. The van der Waals surface area contributed by atoms with Gasteiger partial charge in [-0.2, -0.15) is 4.31 Å². The van der Waals surface area contributed by atoms with Gasteiger partial charge in [-0.25, -0.2) is 13.4 Å². The van der Waals surface area contributed by atoms with Gasteiger partial charge in [-0.3, -0.25) is 0 Å². The van der Waals surface area contributed by atoms with Crippen molar-refractivity contribution in [2.24, 2.45) is 0 Å². The van der Waals surface area contributed by atoms with E-state index in [2.05, 4.69) is 10.3 Å². The van der Waals surface area contributed by atoms with Gasteiger partial charge >= 0.3 is 0 Å². The fourth-order valence-electron chi connectivity index (χ4n) is 2.41. The van der Waals surface area contributed by atoms with Crippen LogP contribution >= 0.6 is 11.3 Å². The van der Waals surface area contributed by atoms with Crippen LogP contribution in [0.4, 0.5) is 0 Å². The molecule has 1 aliphatic heterocycles. The van der Waals surface area contributed by atoms with Crippen molar-refractivity contribution in [3.63, 3.8) is 0 Å². The monoisotopic (exact) mass is 323 g/mol. The maximum absolute atomic E-state index is 12.6. The molecular formula is C14H17N3O2S2. The molecule has 3 rings (SSSR count). The lowest BCUT2D eigenvalue weighted by Gasteiger charge is -2.16. The van der Waals surface area contributed by atoms with Gasteiger partial charge in [0.05, 0.1) is 22.1 Å². The summed E-state index contributed by atoms with van der Waals surface area (Å²) in [6.07, 6.45) is 0. The number of aromatic nitrogens is 1. The number of hydrogen-bond donors (Lipinski definition) is 1. The smallest absolute Gasteiger partial charge is 0.243 e. The van der Waals surface area contributed by atoms with Crippen LogP contribution in [0.3, 0.4) is 0 Å². The van der Waals surface area contributed by atoms with Gasteiger partial charge in [-0.1, -0.05) is 6.07 Å². The summed E-state index contributed by atoms with van der Waals surface area (Å²) in [5, 5.41) is 6.06. The molecule has 2 heterocycles. The van der Waals surface area contributed by atoms with Crippen molar-refractivity contribution >= 4 is 21.4 Å². The first-order valence-electron chi connectivity index (χ1n) is 6.66. The molecule has 0 radical (unpaired) electrons. The first-order valence-corrected chi connectivity index (χ1v) is 8.98. The van der Waals surface area contributed by atoms with E-state index in [0.717, 1.165) is 29.4 Å². The normalized spacial score (nSPS) is 14.6. The zero-order chi connectivity index (χ0) is 15.0. The van der Waals surface area contributed by atoms with Gasteiger partial charge in [0.25, 0.3) is 0 Å². The Morgan fingerprint density at radius 2 is 2.10 bits per heavy atom. The minimum Gasteiger partial charge on any atom is -0.309 e. The van der Waals surface area contributed by atoms with Crippen LogP contribution in [0.5, 0.6) is 0 Å². The molecule has 0 spiro atoms. The Hall–Kier alpha value is -1.28. The quantitative estimate of drug-likeness (QED) is 0.933. The third-order valence-corrected chi connectivity index (χ3v) is 6.19. The van der Waals surface area contributed by atoms with Gasteiger partial charge in [0.2, 0.25) is 10.0 Å². The van der Waals surface area contributed by atoms with Crippen LogP contribution in [0.25, 0.3) is 0 Å². The number of sulfonamides is 1. The summed E-state index contributed by atoms with van der Waals surface area (Å²) in [6, 6.07) is 5.35. The number of thiazole rings is 1. The average molecular weight is 323 g/mol. The first kappa shape index (κ1) is 14.6. The van der Waals surface area contributed by atoms with E-state index < -0.39 is 10.0 Å². The molecule has 1 N–H and O–H groups in total. The molecule has 0 saturated heterocycles. The van der Waals surface area contributed by atoms with E-state index in [1.54, 1.807) is 19.2 Å². The van der Waals surface area contributed by atoms with Crippen molar-refractivity contribution in [1.29, 1.82) is 0 Å². The maximum atomic E-state index is 12.6. The minimum atomic E-state index is -3.48. The second-order valence-electron chi connectivity index (χ2n) is 5.15. The summed E-state index contributed by atoms with van der Waals surface area (Å²) in [7, 11) is -1.89. The van der Waals surface area contributed by atoms with Gasteiger partial charge < -0.3 is 5.32 Å². The lowest BCUT2D eigenvalue weighted by Crippen LogP contribution is -2.26. The molecule has 1 aromatic carbocycles. The molecule has 0 amide bonds. The Kier molecular flexibility index (Phi) is 3.83. The van der Waals surface area contributed by atoms with Crippen molar-refractivity contribution in [1.82, 2.24) is 14.6 Å². The van der Waals surface area contributed by atoms with Gasteiger partial charge in [0.1, 0.15) is 0 Å². The van der Waals surface area contributed by atoms with Crippen molar-refractivity contribution in [3.8, 4) is 0 Å². The second kappa shape index (κ2) is 5.49. The number of aryl methyl sites for hydroxylation is 1. The number of fused-ring (bicyclic) bond motifs is 1. The van der Waals surface area contributed by atoms with E-state index in [1.165, 1.54) is 21.2 Å². The van der Waals surface area contributed by atoms with Crippen LogP contribution in [0.1, 0.15) is 21.8 Å². The highest BCUT2D eigenvalue weighted by Gasteiger charge is 2.23. The van der Waals surface area contributed by atoms with Crippen LogP contribution in [0.2, 0.25) is 0 Å². The standard InChI is InChI=1S/C14H17N3O2S2/c1-10-16-13(9-20-10)8-17(2)21(18,19)14-4-3-11-6-15-7-12(11)5-14/h3-5,9,15H,6-8H2,1-2H3. The van der Waals surface area contributed by atoms with E-state index in [-0.39, 0.29) is 0 Å². The molecule has 112 valence electrons. The minimum absolute atomic E-state index is 0.294. The highest BCUT2D eigenvalue weighted by Crippen LogP contribution is 2.23. The van der Waals surface area contributed by atoms with Crippen LogP contribution in [0, 0.1) is 6.92 Å². The van der Waals surface area contributed by atoms with Crippen molar-refractivity contribution in [3.05, 3.63) is 45.4 Å². The Bertz CT molecular complexity index is 768. The number of rotatable bonds is 4. The Morgan fingerprint density at radius 1 is 1.33 bits per heavy atom. The van der Waals surface area contributed by atoms with E-state index in [1.807, 2.05) is 18.4 Å². The summed E-state index contributed by atoms with van der Waals surface area (Å²) >= 11 is 1.53. The lowest BCUT2D eigenvalue weighted by atomic mass is 10.1. The van der Waals surface area contributed by atoms with E-state index in [9.17, 15) is 8.42 Å². The van der Waals surface area contributed by atoms with Gasteiger partial charge in [0, 0.05) is 25.5 Å². The number of benzene rings is 1. The second-order valence-corrected chi connectivity index (χ2v) is 8.26. The highest BCUT2D eigenvalue weighted by atomic mass is 32.2. The fraction of sp³-hybridized carbons (Fsp3) is 0.357. The first-order chi connectivity index (χ1) is 9.96. The third-order valence-electron chi connectivity index (χ3n) is 3.57. The third kappa shape index (κ3) is 2.87. The molecule has 5 nitrogen and oxygen atoms in total. The Balaban J connectivity index is 1.85. The number of hydrogen-bond acceptors (Lipinski definition) is 5. The molecule has 0 atom stereocenters. The van der Waals surface area contributed by atoms with Crippen molar-refractivity contribution in [2.45, 2.75) is 31.5 Å². The molecule has 0 fully saturated rings. The molecule has 0 bridgehead atoms. The van der Waals surface area contributed by atoms with Gasteiger partial charge in [0.15, 0.2) is 0 Å². The van der Waals surface area contributed by atoms with E-state index in [0.29, 0.717) is 11.4 Å². The number of nitrogens with one attached hydrogen (secondary N) is 1. The summed E-state index contributed by atoms with van der Waals surface area (Å²) in [4.78, 5) is 4.66. The van der Waals surface area contributed by atoms with Crippen molar-refractivity contribution in [2.75, 3.05) is 7.05 Å². The largest absolute Gasteiger partial charge is 0.309 e. The van der Waals surface area contributed by atoms with E-state index in [4.69, 9.17) is 0 Å². The highest BCUT2D eigenvalue weighted by molar-refractivity contribution is 7.89. The maximum Gasteiger partial charge on any atom is 0.243 e. The summed E-state index contributed by atoms with van der Waals surface area (Å²) in [5.74, 6) is 0. The zero-order valence-electron chi connectivity index (χ0n) is 12.0. The number of nitrogens with zero attached hydrogens (tertiary/aromatic N) is 2. The van der Waals surface area contributed by atoms with Crippen LogP contribution in [-0.4, -0.2) is 24.8 Å². The summed E-state index contributed by atoms with van der Waals surface area (Å²) in [5.41, 5.74) is 3.02. The topological polar surface area (TPSA) is 62.3 Å². The van der Waals surface area contributed by atoms with Crippen LogP contribution in [-0.2, 0) is 29.7 Å². The van der Waals surface area contributed by atoms with Crippen molar-refractivity contribution < 1.29 is 8.42 Å². The average Bonchev–Trinajstić information content (AvgIpc) is 3.06. The molecule has 7 heteroatoms.